The van der Waals surface area contributed by atoms with E-state index in [2.05, 4.69) is 10.3 Å². The van der Waals surface area contributed by atoms with E-state index in [-0.39, 0.29) is 57.4 Å². The van der Waals surface area contributed by atoms with Crippen molar-refractivity contribution in [1.29, 1.82) is 5.26 Å². The molecule has 0 aliphatic rings. The maximum absolute atomic E-state index is 14.3. The highest BCUT2D eigenvalue weighted by atomic mass is 19.1. The van der Waals surface area contributed by atoms with Gasteiger partial charge in [-0.2, -0.15) is 5.26 Å². The Labute approximate surface area is 206 Å². The number of ether oxygens (including phenoxy) is 1. The molecule has 0 aliphatic carbocycles. The van der Waals surface area contributed by atoms with Crippen LogP contribution >= 0.6 is 0 Å². The van der Waals surface area contributed by atoms with Crippen LogP contribution in [0.2, 0.25) is 0 Å². The molecular weight excluding hydrogens is 419 g/mol. The van der Waals surface area contributed by atoms with Gasteiger partial charge in [0.1, 0.15) is 17.6 Å². The van der Waals surface area contributed by atoms with Crippen molar-refractivity contribution in [3.05, 3.63) is 71.1 Å². The number of carbonyl (C=O) groups excluding carboxylic acids is 1. The summed E-state index contributed by atoms with van der Waals surface area (Å²) in [5, 5.41) is 12.8. The quantitative estimate of drug-likeness (QED) is 0.461. The van der Waals surface area contributed by atoms with Gasteiger partial charge in [-0.15, -0.1) is 0 Å². The second-order valence-corrected chi connectivity index (χ2v) is 6.96. The van der Waals surface area contributed by atoms with Gasteiger partial charge in [-0.05, 0) is 63.7 Å². The molecule has 0 spiro atoms. The monoisotopic (exact) mass is 455 g/mol. The first-order valence-electron chi connectivity index (χ1n) is 14.4. The highest BCUT2D eigenvalue weighted by Gasteiger charge is 2.16. The van der Waals surface area contributed by atoms with E-state index in [9.17, 15) is 14.4 Å². The summed E-state index contributed by atoms with van der Waals surface area (Å²) in [4.78, 5) is 17.7. The summed E-state index contributed by atoms with van der Waals surface area (Å²) in [5.74, 6) is -1.65. The van der Waals surface area contributed by atoms with Crippen molar-refractivity contribution in [3.63, 3.8) is 0 Å². The van der Waals surface area contributed by atoms with E-state index in [1.807, 2.05) is 6.07 Å². The Morgan fingerprint density at radius 3 is 3.06 bits per heavy atom. The summed E-state index contributed by atoms with van der Waals surface area (Å²) in [6, 6.07) is 2.41. The Morgan fingerprint density at radius 1 is 1.52 bits per heavy atom. The van der Waals surface area contributed by atoms with E-state index in [1.165, 1.54) is 25.3 Å². The fourth-order valence-electron chi connectivity index (χ4n) is 3.02. The van der Waals surface area contributed by atoms with Crippen molar-refractivity contribution in [2.75, 3.05) is 32.4 Å². The lowest BCUT2D eigenvalue weighted by molar-refractivity contribution is -0.114. The van der Waals surface area contributed by atoms with Gasteiger partial charge >= 0.3 is 0 Å². The maximum Gasteiger partial charge on any atom is 0.159 e. The second-order valence-electron chi connectivity index (χ2n) is 6.96. The Hall–Kier alpha value is -3.76. The lowest BCUT2D eigenvalue weighted by atomic mass is 10.0. The molecular formula is C26H27FN4O2. The smallest absolute Gasteiger partial charge is 0.159 e. The molecule has 0 saturated heterocycles. The molecule has 0 radical (unpaired) electrons. The molecule has 0 fully saturated rings. The number of ketones is 1. The first-order valence-corrected chi connectivity index (χ1v) is 9.92. The topological polar surface area (TPSA) is 78.3 Å². The SMILES string of the molecule is [2H]/C(=C\C([2H])([2H])N(C)C([2H])([2H])[2H])C(=O)Cc1cc2c(Nc3c([2H])c([2H])c(F)c(C)c3[2H])c(C#N)cnc2cc1OCC. The van der Waals surface area contributed by atoms with Crippen molar-refractivity contribution < 1.29 is 26.3 Å². The van der Waals surface area contributed by atoms with Gasteiger partial charge in [0, 0.05) is 48.7 Å². The van der Waals surface area contributed by atoms with E-state index in [4.69, 9.17) is 17.1 Å². The lowest BCUT2D eigenvalue weighted by Gasteiger charge is -2.15. The fourth-order valence-corrected chi connectivity index (χ4v) is 3.02. The molecule has 3 aromatic rings. The molecule has 6 nitrogen and oxygen atoms in total. The molecule has 1 heterocycles. The average molecular weight is 456 g/mol. The number of anilines is 2. The predicted octanol–water partition coefficient (Wildman–Crippen LogP) is 4.93. The van der Waals surface area contributed by atoms with E-state index in [0.29, 0.717) is 11.0 Å². The van der Waals surface area contributed by atoms with Crippen LogP contribution in [0.1, 0.15) is 36.0 Å². The van der Waals surface area contributed by atoms with Crippen molar-refractivity contribution >= 4 is 28.1 Å². The summed E-state index contributed by atoms with van der Waals surface area (Å²) < 4.78 is 90.7. The normalized spacial score (nSPS) is 16.2. The van der Waals surface area contributed by atoms with Crippen molar-refractivity contribution in [3.8, 4) is 11.8 Å². The van der Waals surface area contributed by atoms with Crippen molar-refractivity contribution in [2.45, 2.75) is 20.3 Å². The predicted molar refractivity (Wildman–Crippen MR) is 128 cm³/mol. The number of allylic oxidation sites excluding steroid dienone is 1. The number of halogens is 1. The second kappa shape index (κ2) is 10.7. The third kappa shape index (κ3) is 5.93. The van der Waals surface area contributed by atoms with E-state index in [0.717, 1.165) is 7.05 Å². The highest BCUT2D eigenvalue weighted by molar-refractivity contribution is 5.98. The summed E-state index contributed by atoms with van der Waals surface area (Å²) in [6.45, 7) is -2.28. The standard InChI is InChI=1S/C26H27FN4O2/c1-5-33-25-14-24-22(13-18(25)12-21(32)7-6-10-31(3)4)26(19(15-28)16-29-24)30-20-8-9-23(27)17(2)11-20/h6-9,11,13-14,16H,5,10,12H2,1-4H3,(H,29,30)/b7-6+/i3D3,7D,8D,9D,10D2,11D. The lowest BCUT2D eigenvalue weighted by Crippen LogP contribution is -2.11. The molecule has 0 bridgehead atoms. The van der Waals surface area contributed by atoms with E-state index < -0.39 is 49.6 Å². The van der Waals surface area contributed by atoms with Gasteiger partial charge in [0.2, 0.25) is 0 Å². The molecule has 1 N–H and O–H groups in total. The van der Waals surface area contributed by atoms with E-state index in [1.54, 1.807) is 6.92 Å². The largest absolute Gasteiger partial charge is 0.494 e. The Bertz CT molecular complexity index is 1610. The fraction of sp³-hybridized carbons (Fsp3) is 0.269. The number of fused-ring (bicyclic) bond motifs is 1. The average Bonchev–Trinajstić information content (AvgIpc) is 2.92. The number of aromatic nitrogens is 1. The number of benzene rings is 2. The molecule has 0 atom stereocenters. The van der Waals surface area contributed by atoms with Crippen LogP contribution in [-0.2, 0) is 11.2 Å². The van der Waals surface area contributed by atoms with Crippen LogP contribution in [0.3, 0.4) is 0 Å². The van der Waals surface area contributed by atoms with Gasteiger partial charge in [-0.3, -0.25) is 9.78 Å². The molecule has 1 aromatic heterocycles. The van der Waals surface area contributed by atoms with E-state index >= 15 is 0 Å². The number of likely N-dealkylation sites (N-methyl/N-ethyl adjacent to an activating group) is 1. The molecule has 7 heteroatoms. The van der Waals surface area contributed by atoms with Gasteiger partial charge in [0.15, 0.2) is 5.78 Å². The van der Waals surface area contributed by atoms with Crippen LogP contribution in [0.25, 0.3) is 10.9 Å². The van der Waals surface area contributed by atoms with Crippen LogP contribution in [0, 0.1) is 24.1 Å². The first-order chi connectivity index (χ1) is 19.4. The van der Waals surface area contributed by atoms with Crippen LogP contribution in [0.15, 0.2) is 48.6 Å². The number of hydrogen-bond acceptors (Lipinski definition) is 6. The van der Waals surface area contributed by atoms with Gasteiger partial charge in [-0.25, -0.2) is 4.39 Å². The number of nitriles is 1. The summed E-state index contributed by atoms with van der Waals surface area (Å²) >= 11 is 0. The van der Waals surface area contributed by atoms with Crippen molar-refractivity contribution in [2.24, 2.45) is 0 Å². The summed E-state index contributed by atoms with van der Waals surface area (Å²) in [6.07, 6.45) is 1.38. The molecule has 0 unspecified atom stereocenters. The number of nitrogens with zero attached hydrogens (tertiary/aromatic N) is 3. The minimum Gasteiger partial charge on any atom is -0.494 e. The zero-order valence-corrected chi connectivity index (χ0v) is 18.3. The third-order valence-electron chi connectivity index (χ3n) is 4.50. The molecule has 3 rings (SSSR count). The highest BCUT2D eigenvalue weighted by Crippen LogP contribution is 2.34. The first kappa shape index (κ1) is 14.4. The number of nitrogens with one attached hydrogen (secondary N) is 1. The Kier molecular flexibility index (Phi) is 4.67. The zero-order chi connectivity index (χ0) is 31.7. The maximum atomic E-state index is 14.3. The van der Waals surface area contributed by atoms with Gasteiger partial charge in [0.25, 0.3) is 0 Å². The Balaban J connectivity index is 2.16. The molecule has 0 aliphatic heterocycles. The van der Waals surface area contributed by atoms with Crippen molar-refractivity contribution in [1.82, 2.24) is 9.88 Å². The molecule has 0 saturated carbocycles. The summed E-state index contributed by atoms with van der Waals surface area (Å²) in [7, 11) is 1.00. The summed E-state index contributed by atoms with van der Waals surface area (Å²) in [5.41, 5.74) is 0.190. The van der Waals surface area contributed by atoms with Crippen LogP contribution in [0.4, 0.5) is 15.8 Å². The Morgan fingerprint density at radius 2 is 2.33 bits per heavy atom. The van der Waals surface area contributed by atoms with Crippen LogP contribution < -0.4 is 10.1 Å². The van der Waals surface area contributed by atoms with Gasteiger partial charge in [0.05, 0.1) is 28.9 Å². The molecule has 33 heavy (non-hydrogen) atoms. The molecule has 2 aromatic carbocycles. The third-order valence-corrected chi connectivity index (χ3v) is 4.50. The van der Waals surface area contributed by atoms with Gasteiger partial charge in [-0.1, -0.05) is 6.08 Å². The number of rotatable bonds is 9. The number of hydrogen-bond donors (Lipinski definition) is 1. The number of pyridine rings is 1. The zero-order valence-electron chi connectivity index (χ0n) is 27.3. The number of carbonyl (C=O) groups is 1. The molecule has 0 amide bonds. The van der Waals surface area contributed by atoms with Gasteiger partial charge < -0.3 is 15.0 Å². The van der Waals surface area contributed by atoms with Crippen LogP contribution in [-0.4, -0.2) is 42.8 Å². The minimum absolute atomic E-state index is 0.0155. The minimum atomic E-state index is -2.82. The molecule has 170 valence electrons. The van der Waals surface area contributed by atoms with Crippen LogP contribution in [0.5, 0.6) is 5.75 Å².